The molecule has 0 fully saturated rings. The van der Waals surface area contributed by atoms with Crippen LogP contribution in [0.5, 0.6) is 0 Å². The summed E-state index contributed by atoms with van der Waals surface area (Å²) in [5, 5.41) is 3.49. The van der Waals surface area contributed by atoms with E-state index in [9.17, 15) is 0 Å². The zero-order chi connectivity index (χ0) is 13.0. The molecule has 0 saturated carbocycles. The van der Waals surface area contributed by atoms with Gasteiger partial charge in [0.2, 0.25) is 0 Å². The van der Waals surface area contributed by atoms with Crippen molar-refractivity contribution in [3.05, 3.63) is 42.0 Å². The zero-order valence-corrected chi connectivity index (χ0v) is 11.6. The van der Waals surface area contributed by atoms with Crippen LogP contribution >= 0.6 is 0 Å². The number of rotatable bonds is 5. The summed E-state index contributed by atoms with van der Waals surface area (Å²) in [5.74, 6) is 0.654. The van der Waals surface area contributed by atoms with Gasteiger partial charge in [0.15, 0.2) is 0 Å². The van der Waals surface area contributed by atoms with Gasteiger partial charge in [-0.15, -0.1) is 0 Å². The molecule has 0 bridgehead atoms. The standard InChI is InChI=1S/C16H24N2/c1-4-18(11-13(2)3)12-14-9-10-17-16-8-6-5-7-15(14)16/h5-8,14,17H,2,4,9-12H2,1,3H3. The van der Waals surface area contributed by atoms with Crippen LogP contribution in [0.1, 0.15) is 31.7 Å². The first kappa shape index (κ1) is 13.2. The first-order valence-electron chi connectivity index (χ1n) is 6.90. The fourth-order valence-corrected chi connectivity index (χ4v) is 2.74. The number of nitrogens with zero attached hydrogens (tertiary/aromatic N) is 1. The Bertz CT molecular complexity index is 411. The summed E-state index contributed by atoms with van der Waals surface area (Å²) in [4.78, 5) is 2.50. The average molecular weight is 244 g/mol. The molecule has 1 aliphatic heterocycles. The Balaban J connectivity index is 2.08. The third-order valence-corrected chi connectivity index (χ3v) is 3.63. The molecule has 2 rings (SSSR count). The van der Waals surface area contributed by atoms with E-state index in [2.05, 4.69) is 54.9 Å². The quantitative estimate of drug-likeness (QED) is 0.798. The second-order valence-electron chi connectivity index (χ2n) is 5.28. The highest BCUT2D eigenvalue weighted by Crippen LogP contribution is 2.31. The predicted octanol–water partition coefficient (Wildman–Crippen LogP) is 3.48. The van der Waals surface area contributed by atoms with Crippen molar-refractivity contribution in [2.75, 3.05) is 31.5 Å². The van der Waals surface area contributed by atoms with Crippen LogP contribution in [-0.4, -0.2) is 31.1 Å². The van der Waals surface area contributed by atoms with Crippen LogP contribution in [0.2, 0.25) is 0 Å². The van der Waals surface area contributed by atoms with Gasteiger partial charge in [0.1, 0.15) is 0 Å². The summed E-state index contributed by atoms with van der Waals surface area (Å²) >= 11 is 0. The van der Waals surface area contributed by atoms with Gasteiger partial charge in [0.25, 0.3) is 0 Å². The molecule has 98 valence electrons. The minimum atomic E-state index is 0.654. The van der Waals surface area contributed by atoms with Crippen LogP contribution in [0.3, 0.4) is 0 Å². The van der Waals surface area contributed by atoms with Crippen LogP contribution in [0.25, 0.3) is 0 Å². The molecular formula is C16H24N2. The second-order valence-corrected chi connectivity index (χ2v) is 5.28. The van der Waals surface area contributed by atoms with E-state index in [1.807, 2.05) is 0 Å². The van der Waals surface area contributed by atoms with Crippen LogP contribution in [0.4, 0.5) is 5.69 Å². The van der Waals surface area contributed by atoms with Gasteiger partial charge in [0, 0.05) is 31.2 Å². The van der Waals surface area contributed by atoms with Crippen molar-refractivity contribution in [2.45, 2.75) is 26.2 Å². The molecule has 1 aromatic carbocycles. The van der Waals surface area contributed by atoms with E-state index in [0.717, 1.165) is 26.2 Å². The Morgan fingerprint density at radius 3 is 2.94 bits per heavy atom. The molecule has 1 unspecified atom stereocenters. The van der Waals surface area contributed by atoms with Crippen molar-refractivity contribution in [3.8, 4) is 0 Å². The Hall–Kier alpha value is -1.28. The third kappa shape index (κ3) is 3.14. The van der Waals surface area contributed by atoms with E-state index in [0.29, 0.717) is 5.92 Å². The molecule has 0 radical (unpaired) electrons. The van der Waals surface area contributed by atoms with Gasteiger partial charge in [0.05, 0.1) is 0 Å². The minimum Gasteiger partial charge on any atom is -0.385 e. The molecule has 0 spiro atoms. The van der Waals surface area contributed by atoms with E-state index in [1.165, 1.54) is 23.2 Å². The maximum absolute atomic E-state index is 4.03. The molecule has 0 saturated heterocycles. The summed E-state index contributed by atoms with van der Waals surface area (Å²) in [6, 6.07) is 8.71. The lowest BCUT2D eigenvalue weighted by Crippen LogP contribution is -2.32. The number of hydrogen-bond acceptors (Lipinski definition) is 2. The van der Waals surface area contributed by atoms with Gasteiger partial charge in [-0.3, -0.25) is 4.90 Å². The van der Waals surface area contributed by atoms with Crippen molar-refractivity contribution in [3.63, 3.8) is 0 Å². The monoisotopic (exact) mass is 244 g/mol. The molecule has 0 amide bonds. The van der Waals surface area contributed by atoms with Gasteiger partial charge in [-0.25, -0.2) is 0 Å². The summed E-state index contributed by atoms with van der Waals surface area (Å²) in [7, 11) is 0. The zero-order valence-electron chi connectivity index (χ0n) is 11.6. The summed E-state index contributed by atoms with van der Waals surface area (Å²) < 4.78 is 0. The van der Waals surface area contributed by atoms with Gasteiger partial charge in [-0.05, 0) is 31.5 Å². The van der Waals surface area contributed by atoms with Crippen LogP contribution in [0.15, 0.2) is 36.4 Å². The fraction of sp³-hybridized carbons (Fsp3) is 0.500. The van der Waals surface area contributed by atoms with E-state index in [-0.39, 0.29) is 0 Å². The highest BCUT2D eigenvalue weighted by Gasteiger charge is 2.21. The molecule has 1 aliphatic rings. The van der Waals surface area contributed by atoms with Crippen molar-refractivity contribution < 1.29 is 0 Å². The van der Waals surface area contributed by atoms with E-state index >= 15 is 0 Å². The fourth-order valence-electron chi connectivity index (χ4n) is 2.74. The highest BCUT2D eigenvalue weighted by molar-refractivity contribution is 5.54. The summed E-state index contributed by atoms with van der Waals surface area (Å²) in [5.41, 5.74) is 4.04. The van der Waals surface area contributed by atoms with Crippen molar-refractivity contribution >= 4 is 5.69 Å². The van der Waals surface area contributed by atoms with Crippen molar-refractivity contribution in [1.82, 2.24) is 4.90 Å². The van der Waals surface area contributed by atoms with Crippen molar-refractivity contribution in [2.24, 2.45) is 0 Å². The Morgan fingerprint density at radius 1 is 1.44 bits per heavy atom. The van der Waals surface area contributed by atoms with Gasteiger partial charge in [-0.2, -0.15) is 0 Å². The van der Waals surface area contributed by atoms with E-state index < -0.39 is 0 Å². The van der Waals surface area contributed by atoms with Gasteiger partial charge in [-0.1, -0.05) is 37.3 Å². The normalized spacial score (nSPS) is 18.3. The topological polar surface area (TPSA) is 15.3 Å². The SMILES string of the molecule is C=C(C)CN(CC)CC1CCNc2ccccc21. The van der Waals surface area contributed by atoms with E-state index in [4.69, 9.17) is 0 Å². The molecule has 0 aromatic heterocycles. The Labute approximate surface area is 111 Å². The number of likely N-dealkylation sites (N-methyl/N-ethyl adjacent to an activating group) is 1. The largest absolute Gasteiger partial charge is 0.385 e. The highest BCUT2D eigenvalue weighted by atomic mass is 15.1. The Kier molecular flexibility index (Phi) is 4.43. The second kappa shape index (κ2) is 6.05. The number of para-hydroxylation sites is 1. The summed E-state index contributed by atoms with van der Waals surface area (Å²) in [6.07, 6.45) is 1.23. The van der Waals surface area contributed by atoms with Crippen molar-refractivity contribution in [1.29, 1.82) is 0 Å². The number of anilines is 1. The number of nitrogens with one attached hydrogen (secondary N) is 1. The third-order valence-electron chi connectivity index (χ3n) is 3.63. The number of hydrogen-bond donors (Lipinski definition) is 1. The average Bonchev–Trinajstić information content (AvgIpc) is 2.38. The molecule has 2 heteroatoms. The molecule has 1 atom stereocenters. The maximum Gasteiger partial charge on any atom is 0.0376 e. The first-order valence-corrected chi connectivity index (χ1v) is 6.90. The molecular weight excluding hydrogens is 220 g/mol. The Morgan fingerprint density at radius 2 is 2.22 bits per heavy atom. The lowest BCUT2D eigenvalue weighted by Gasteiger charge is -2.31. The van der Waals surface area contributed by atoms with Crippen LogP contribution in [0, 0.1) is 0 Å². The molecule has 1 N–H and O–H groups in total. The lowest BCUT2D eigenvalue weighted by atomic mass is 9.90. The smallest absolute Gasteiger partial charge is 0.0376 e. The van der Waals surface area contributed by atoms with Crippen LogP contribution < -0.4 is 5.32 Å². The predicted molar refractivity (Wildman–Crippen MR) is 79.2 cm³/mol. The lowest BCUT2D eigenvalue weighted by molar-refractivity contribution is 0.285. The minimum absolute atomic E-state index is 0.654. The molecule has 1 aromatic rings. The molecule has 2 nitrogen and oxygen atoms in total. The molecule has 0 aliphatic carbocycles. The summed E-state index contributed by atoms with van der Waals surface area (Å²) in [6.45, 7) is 12.7. The van der Waals surface area contributed by atoms with Gasteiger partial charge >= 0.3 is 0 Å². The van der Waals surface area contributed by atoms with Crippen LogP contribution in [-0.2, 0) is 0 Å². The van der Waals surface area contributed by atoms with E-state index in [1.54, 1.807) is 0 Å². The number of fused-ring (bicyclic) bond motifs is 1. The molecule has 1 heterocycles. The van der Waals surface area contributed by atoms with Gasteiger partial charge < -0.3 is 5.32 Å². The first-order chi connectivity index (χ1) is 8.70. The number of benzene rings is 1. The molecule has 18 heavy (non-hydrogen) atoms. The maximum atomic E-state index is 4.03.